The van der Waals surface area contributed by atoms with Crippen molar-refractivity contribution in [3.63, 3.8) is 0 Å². The molecule has 0 aromatic heterocycles. The van der Waals surface area contributed by atoms with Crippen molar-refractivity contribution in [1.29, 1.82) is 0 Å². The van der Waals surface area contributed by atoms with E-state index in [4.69, 9.17) is 0 Å². The molecule has 0 saturated carbocycles. The van der Waals surface area contributed by atoms with E-state index in [1.807, 2.05) is 37.4 Å². The number of benzene rings is 2. The lowest BCUT2D eigenvalue weighted by atomic mass is 10.1. The van der Waals surface area contributed by atoms with Crippen LogP contribution in [-0.4, -0.2) is 13.0 Å². The molecule has 0 bridgehead atoms. The highest BCUT2D eigenvalue weighted by Gasteiger charge is 2.09. The highest BCUT2D eigenvalue weighted by atomic mass is 16.2. The first kappa shape index (κ1) is 15.3. The van der Waals surface area contributed by atoms with Gasteiger partial charge in [-0.05, 0) is 43.0 Å². The predicted octanol–water partition coefficient (Wildman–Crippen LogP) is 4.25. The largest absolute Gasteiger partial charge is 0.316 e. The van der Waals surface area contributed by atoms with Gasteiger partial charge in [-0.3, -0.25) is 4.79 Å². The number of amides is 1. The van der Waals surface area contributed by atoms with Crippen molar-refractivity contribution in [2.75, 3.05) is 11.9 Å². The zero-order valence-electron chi connectivity index (χ0n) is 12.6. The van der Waals surface area contributed by atoms with Crippen LogP contribution in [0.4, 0.5) is 5.69 Å². The van der Waals surface area contributed by atoms with E-state index in [1.165, 1.54) is 5.56 Å². The van der Waals surface area contributed by atoms with Crippen molar-refractivity contribution in [2.45, 2.75) is 32.1 Å². The zero-order valence-corrected chi connectivity index (χ0v) is 12.6. The minimum absolute atomic E-state index is 0.181. The highest BCUT2D eigenvalue weighted by Crippen LogP contribution is 2.14. The van der Waals surface area contributed by atoms with Gasteiger partial charge in [0.1, 0.15) is 0 Å². The van der Waals surface area contributed by atoms with E-state index in [0.717, 1.165) is 31.4 Å². The summed E-state index contributed by atoms with van der Waals surface area (Å²) in [5.74, 6) is 0.181. The number of rotatable bonds is 7. The van der Waals surface area contributed by atoms with Gasteiger partial charge in [-0.25, -0.2) is 0 Å². The molecule has 0 saturated heterocycles. The molecule has 2 rings (SSSR count). The maximum atomic E-state index is 12.1. The first-order valence-corrected chi connectivity index (χ1v) is 7.54. The lowest BCUT2D eigenvalue weighted by Gasteiger charge is -2.17. The molecule has 2 aromatic carbocycles. The summed E-state index contributed by atoms with van der Waals surface area (Å²) in [6.45, 7) is 0. The second-order valence-corrected chi connectivity index (χ2v) is 5.26. The van der Waals surface area contributed by atoms with Crippen molar-refractivity contribution < 1.29 is 4.79 Å². The maximum Gasteiger partial charge on any atom is 0.226 e. The van der Waals surface area contributed by atoms with Gasteiger partial charge in [0.2, 0.25) is 5.91 Å². The number of hydrogen-bond donors (Lipinski definition) is 0. The molecule has 0 aliphatic heterocycles. The highest BCUT2D eigenvalue weighted by molar-refractivity contribution is 5.92. The van der Waals surface area contributed by atoms with Crippen LogP contribution in [0.3, 0.4) is 0 Å². The third-order valence-electron chi connectivity index (χ3n) is 3.66. The second-order valence-electron chi connectivity index (χ2n) is 5.26. The van der Waals surface area contributed by atoms with Gasteiger partial charge in [-0.15, -0.1) is 0 Å². The summed E-state index contributed by atoms with van der Waals surface area (Å²) in [4.78, 5) is 13.8. The molecule has 1 radical (unpaired) electrons. The Morgan fingerprint density at radius 2 is 1.71 bits per heavy atom. The van der Waals surface area contributed by atoms with Crippen LogP contribution < -0.4 is 4.90 Å². The number of carbonyl (C=O) groups excluding carboxylic acids is 1. The quantitative estimate of drug-likeness (QED) is 0.694. The lowest BCUT2D eigenvalue weighted by Crippen LogP contribution is -2.25. The summed E-state index contributed by atoms with van der Waals surface area (Å²) in [6, 6.07) is 21.0. The van der Waals surface area contributed by atoms with E-state index in [-0.39, 0.29) is 5.91 Å². The van der Waals surface area contributed by atoms with Crippen LogP contribution in [0, 0.1) is 6.07 Å². The molecule has 0 aliphatic rings. The van der Waals surface area contributed by atoms with Gasteiger partial charge >= 0.3 is 0 Å². The Morgan fingerprint density at radius 1 is 1.00 bits per heavy atom. The average molecular weight is 280 g/mol. The summed E-state index contributed by atoms with van der Waals surface area (Å²) in [5.41, 5.74) is 2.31. The fourth-order valence-corrected chi connectivity index (χ4v) is 2.34. The van der Waals surface area contributed by atoms with Crippen LogP contribution >= 0.6 is 0 Å². The van der Waals surface area contributed by atoms with Gasteiger partial charge in [0, 0.05) is 19.2 Å². The molecule has 21 heavy (non-hydrogen) atoms. The lowest BCUT2D eigenvalue weighted by molar-refractivity contribution is -0.118. The van der Waals surface area contributed by atoms with Crippen LogP contribution in [-0.2, 0) is 11.2 Å². The standard InChI is InChI=1S/C19H22NO/c1-20(18-14-8-4-9-15-18)19(21)16-10-3-7-13-17-11-5-2-6-12-17/h2,5-6,8-9,11-12,14-15H,3,7,10,13,16H2,1H3. The van der Waals surface area contributed by atoms with Crippen molar-refractivity contribution in [1.82, 2.24) is 0 Å². The van der Waals surface area contributed by atoms with E-state index in [2.05, 4.69) is 30.3 Å². The number of nitrogens with zero attached hydrogens (tertiary/aromatic N) is 1. The molecule has 0 spiro atoms. The second kappa shape index (κ2) is 8.25. The van der Waals surface area contributed by atoms with E-state index < -0.39 is 0 Å². The number of hydrogen-bond acceptors (Lipinski definition) is 1. The zero-order chi connectivity index (χ0) is 14.9. The van der Waals surface area contributed by atoms with Crippen LogP contribution in [0.15, 0.2) is 54.6 Å². The van der Waals surface area contributed by atoms with Crippen LogP contribution in [0.1, 0.15) is 31.2 Å². The van der Waals surface area contributed by atoms with E-state index in [9.17, 15) is 4.79 Å². The van der Waals surface area contributed by atoms with Gasteiger partial charge in [-0.1, -0.05) is 48.9 Å². The van der Waals surface area contributed by atoms with Crippen LogP contribution in [0.2, 0.25) is 0 Å². The topological polar surface area (TPSA) is 20.3 Å². The molecule has 0 fully saturated rings. The van der Waals surface area contributed by atoms with Crippen molar-refractivity contribution in [2.24, 2.45) is 0 Å². The fraction of sp³-hybridized carbons (Fsp3) is 0.316. The summed E-state index contributed by atoms with van der Waals surface area (Å²) in [5, 5.41) is 0. The Kier molecular flexibility index (Phi) is 6.01. The molecule has 2 aromatic rings. The summed E-state index contributed by atoms with van der Waals surface area (Å²) < 4.78 is 0. The minimum Gasteiger partial charge on any atom is -0.316 e. The molecule has 0 N–H and O–H groups in total. The van der Waals surface area contributed by atoms with Gasteiger partial charge < -0.3 is 4.90 Å². The number of anilines is 1. The monoisotopic (exact) mass is 280 g/mol. The Bertz CT molecular complexity index is 536. The molecule has 109 valence electrons. The van der Waals surface area contributed by atoms with Gasteiger partial charge in [0.05, 0.1) is 0 Å². The summed E-state index contributed by atoms with van der Waals surface area (Å²) in [7, 11) is 1.83. The molecule has 1 amide bonds. The molecule has 2 heteroatoms. The molecular weight excluding hydrogens is 258 g/mol. The molecular formula is C19H22NO. The molecule has 0 unspecified atom stereocenters. The Hall–Kier alpha value is -2.09. The van der Waals surface area contributed by atoms with Gasteiger partial charge in [-0.2, -0.15) is 0 Å². The van der Waals surface area contributed by atoms with Crippen molar-refractivity contribution in [3.05, 3.63) is 66.2 Å². The first-order valence-electron chi connectivity index (χ1n) is 7.54. The number of aryl methyl sites for hydroxylation is 1. The first-order chi connectivity index (χ1) is 10.3. The van der Waals surface area contributed by atoms with Crippen molar-refractivity contribution >= 4 is 11.6 Å². The molecule has 2 nitrogen and oxygen atoms in total. The number of unbranched alkanes of at least 4 members (excludes halogenated alkanes) is 2. The third-order valence-corrected chi connectivity index (χ3v) is 3.66. The van der Waals surface area contributed by atoms with E-state index >= 15 is 0 Å². The Labute approximate surface area is 127 Å². The smallest absolute Gasteiger partial charge is 0.226 e. The van der Waals surface area contributed by atoms with Crippen LogP contribution in [0.5, 0.6) is 0 Å². The normalized spacial score (nSPS) is 10.3. The van der Waals surface area contributed by atoms with Gasteiger partial charge in [0.25, 0.3) is 0 Å². The Balaban J connectivity index is 1.65. The number of carbonyl (C=O) groups is 1. The third kappa shape index (κ3) is 5.07. The predicted molar refractivity (Wildman–Crippen MR) is 87.3 cm³/mol. The minimum atomic E-state index is 0.181. The summed E-state index contributed by atoms with van der Waals surface area (Å²) >= 11 is 0. The SMILES string of the molecule is CN(C(=O)CCCCCc1ccccc1)c1cc[c]cc1. The molecule has 0 heterocycles. The van der Waals surface area contributed by atoms with Gasteiger partial charge in [0.15, 0.2) is 0 Å². The fourth-order valence-electron chi connectivity index (χ4n) is 2.34. The van der Waals surface area contributed by atoms with Crippen LogP contribution in [0.25, 0.3) is 0 Å². The van der Waals surface area contributed by atoms with E-state index in [1.54, 1.807) is 4.90 Å². The Morgan fingerprint density at radius 3 is 2.43 bits per heavy atom. The molecule has 0 atom stereocenters. The maximum absolute atomic E-state index is 12.1. The average Bonchev–Trinajstić information content (AvgIpc) is 2.55. The molecule has 0 aliphatic carbocycles. The van der Waals surface area contributed by atoms with Crippen molar-refractivity contribution in [3.8, 4) is 0 Å². The summed E-state index contributed by atoms with van der Waals surface area (Å²) in [6.07, 6.45) is 4.90. The van der Waals surface area contributed by atoms with E-state index in [0.29, 0.717) is 6.42 Å².